The number of hydrogen-bond acceptors (Lipinski definition) is 4. The van der Waals surface area contributed by atoms with Gasteiger partial charge in [-0.1, -0.05) is 44.2 Å². The molecule has 6 nitrogen and oxygen atoms in total. The fourth-order valence-corrected chi connectivity index (χ4v) is 2.30. The molecule has 0 aromatic heterocycles. The Morgan fingerprint density at radius 2 is 1.75 bits per heavy atom. The molecule has 0 aliphatic rings. The molecule has 2 atom stereocenters. The molecule has 0 heterocycles. The molecule has 1 rings (SSSR count). The van der Waals surface area contributed by atoms with Crippen LogP contribution < -0.4 is 16.4 Å². The van der Waals surface area contributed by atoms with Crippen LogP contribution in [0.15, 0.2) is 30.3 Å². The first kappa shape index (κ1) is 19.8. The number of hydrogen-bond donors (Lipinski definition) is 3. The second kappa shape index (κ2) is 9.82. The molecule has 0 radical (unpaired) electrons. The lowest BCUT2D eigenvalue weighted by Crippen LogP contribution is -2.48. The summed E-state index contributed by atoms with van der Waals surface area (Å²) in [7, 11) is 0. The minimum atomic E-state index is -0.723. The van der Waals surface area contributed by atoms with Crippen molar-refractivity contribution in [3.8, 4) is 0 Å². The predicted octanol–water partition coefficient (Wildman–Crippen LogP) is 0.793. The highest BCUT2D eigenvalue weighted by molar-refractivity contribution is 5.91. The van der Waals surface area contributed by atoms with E-state index in [1.165, 1.54) is 6.92 Å². The molecule has 1 aromatic rings. The number of carbonyl (C=O) groups excluding carboxylic acids is 3. The second-order valence-electron chi connectivity index (χ2n) is 6.37. The van der Waals surface area contributed by atoms with Crippen LogP contribution in [0.5, 0.6) is 0 Å². The fraction of sp³-hybridized carbons (Fsp3) is 0.500. The topological polar surface area (TPSA) is 101 Å². The number of nitrogens with one attached hydrogen (secondary N) is 2. The monoisotopic (exact) mass is 333 g/mol. The van der Waals surface area contributed by atoms with Crippen molar-refractivity contribution in [1.82, 2.24) is 10.6 Å². The molecule has 0 saturated carbocycles. The van der Waals surface area contributed by atoms with Gasteiger partial charge in [0, 0.05) is 0 Å². The molecule has 6 heteroatoms. The maximum absolute atomic E-state index is 12.0. The average molecular weight is 333 g/mol. The minimum Gasteiger partial charge on any atom is -0.346 e. The largest absolute Gasteiger partial charge is 0.346 e. The van der Waals surface area contributed by atoms with Crippen molar-refractivity contribution in [2.24, 2.45) is 11.7 Å². The zero-order valence-corrected chi connectivity index (χ0v) is 14.5. The molecule has 0 aliphatic carbocycles. The van der Waals surface area contributed by atoms with Crippen LogP contribution in [-0.4, -0.2) is 36.2 Å². The summed E-state index contributed by atoms with van der Waals surface area (Å²) in [6.07, 6.45) is 0.972. The van der Waals surface area contributed by atoms with Gasteiger partial charge in [0.1, 0.15) is 0 Å². The lowest BCUT2D eigenvalue weighted by Gasteiger charge is -2.18. The Balaban J connectivity index is 2.42. The van der Waals surface area contributed by atoms with Gasteiger partial charge in [0.25, 0.3) is 0 Å². The Morgan fingerprint density at radius 1 is 1.12 bits per heavy atom. The second-order valence-corrected chi connectivity index (χ2v) is 6.37. The number of carbonyl (C=O) groups is 3. The van der Waals surface area contributed by atoms with Crippen molar-refractivity contribution in [2.75, 3.05) is 6.54 Å². The van der Waals surface area contributed by atoms with Gasteiger partial charge in [-0.3, -0.25) is 14.4 Å². The first-order valence-corrected chi connectivity index (χ1v) is 8.16. The van der Waals surface area contributed by atoms with E-state index in [4.69, 9.17) is 5.73 Å². The van der Waals surface area contributed by atoms with E-state index in [0.29, 0.717) is 12.8 Å². The lowest BCUT2D eigenvalue weighted by molar-refractivity contribution is -0.129. The summed E-state index contributed by atoms with van der Waals surface area (Å²) in [6.45, 7) is 5.21. The van der Waals surface area contributed by atoms with E-state index < -0.39 is 23.9 Å². The molecule has 24 heavy (non-hydrogen) atoms. The Hall–Kier alpha value is -2.21. The molecular formula is C18H27N3O3. The number of amides is 2. The van der Waals surface area contributed by atoms with Gasteiger partial charge in [0.15, 0.2) is 5.78 Å². The number of nitrogens with two attached hydrogens (primary N) is 1. The summed E-state index contributed by atoms with van der Waals surface area (Å²) in [5.41, 5.74) is 6.81. The lowest BCUT2D eigenvalue weighted by atomic mass is 10.0. The third kappa shape index (κ3) is 7.37. The maximum Gasteiger partial charge on any atom is 0.239 e. The van der Waals surface area contributed by atoms with Gasteiger partial charge in [-0.2, -0.15) is 0 Å². The maximum atomic E-state index is 12.0. The van der Waals surface area contributed by atoms with Gasteiger partial charge in [0.2, 0.25) is 11.8 Å². The molecular weight excluding hydrogens is 306 g/mol. The van der Waals surface area contributed by atoms with Crippen LogP contribution in [0.2, 0.25) is 0 Å². The Bertz CT molecular complexity index is 558. The smallest absolute Gasteiger partial charge is 0.239 e. The molecule has 0 unspecified atom stereocenters. The van der Waals surface area contributed by atoms with Crippen LogP contribution in [0.4, 0.5) is 0 Å². The van der Waals surface area contributed by atoms with E-state index in [1.54, 1.807) is 0 Å². The zero-order valence-electron chi connectivity index (χ0n) is 14.5. The van der Waals surface area contributed by atoms with E-state index in [1.807, 2.05) is 44.2 Å². The summed E-state index contributed by atoms with van der Waals surface area (Å²) in [5.74, 6) is -0.592. The van der Waals surface area contributed by atoms with Crippen molar-refractivity contribution in [3.63, 3.8) is 0 Å². The molecule has 0 bridgehead atoms. The van der Waals surface area contributed by atoms with E-state index in [0.717, 1.165) is 5.56 Å². The highest BCUT2D eigenvalue weighted by Crippen LogP contribution is 2.05. The van der Waals surface area contributed by atoms with Crippen molar-refractivity contribution in [2.45, 2.75) is 45.7 Å². The van der Waals surface area contributed by atoms with Gasteiger partial charge < -0.3 is 16.4 Å². The van der Waals surface area contributed by atoms with Gasteiger partial charge in [-0.05, 0) is 31.2 Å². The third-order valence-electron chi connectivity index (χ3n) is 3.59. The summed E-state index contributed by atoms with van der Waals surface area (Å²) in [5, 5.41) is 5.16. The standard InChI is InChI=1S/C18H27N3O3/c1-12(2)9-16(13(3)22)21-17(23)11-20-18(24)15(19)10-14-7-5-4-6-8-14/h4-8,12,15-16H,9-11,19H2,1-3H3,(H,20,24)(H,21,23)/t15-,16-/m0/s1. The van der Waals surface area contributed by atoms with Crippen LogP contribution in [0.25, 0.3) is 0 Å². The van der Waals surface area contributed by atoms with Crippen LogP contribution >= 0.6 is 0 Å². The SMILES string of the molecule is CC(=O)[C@H](CC(C)C)NC(=O)CNC(=O)[C@@H](N)Cc1ccccc1. The van der Waals surface area contributed by atoms with Gasteiger partial charge in [-0.25, -0.2) is 0 Å². The van der Waals surface area contributed by atoms with Crippen molar-refractivity contribution in [1.29, 1.82) is 0 Å². The van der Waals surface area contributed by atoms with E-state index >= 15 is 0 Å². The highest BCUT2D eigenvalue weighted by Gasteiger charge is 2.19. The molecule has 0 saturated heterocycles. The van der Waals surface area contributed by atoms with E-state index in [2.05, 4.69) is 10.6 Å². The molecule has 132 valence electrons. The first-order valence-electron chi connectivity index (χ1n) is 8.16. The number of benzene rings is 1. The minimum absolute atomic E-state index is 0.0934. The molecule has 0 fully saturated rings. The average Bonchev–Trinajstić information content (AvgIpc) is 2.52. The Labute approximate surface area is 143 Å². The Morgan fingerprint density at radius 3 is 2.29 bits per heavy atom. The van der Waals surface area contributed by atoms with E-state index in [9.17, 15) is 14.4 Å². The summed E-state index contributed by atoms with van der Waals surface area (Å²) in [6, 6.07) is 8.19. The summed E-state index contributed by atoms with van der Waals surface area (Å²) < 4.78 is 0. The molecule has 4 N–H and O–H groups in total. The van der Waals surface area contributed by atoms with Crippen LogP contribution in [-0.2, 0) is 20.8 Å². The Kier molecular flexibility index (Phi) is 8.12. The van der Waals surface area contributed by atoms with Crippen LogP contribution in [0.3, 0.4) is 0 Å². The number of rotatable bonds is 9. The highest BCUT2D eigenvalue weighted by atomic mass is 16.2. The molecule has 1 aromatic carbocycles. The van der Waals surface area contributed by atoms with Crippen LogP contribution in [0, 0.1) is 5.92 Å². The molecule has 0 aliphatic heterocycles. The zero-order chi connectivity index (χ0) is 18.1. The van der Waals surface area contributed by atoms with Gasteiger partial charge in [-0.15, -0.1) is 0 Å². The molecule has 2 amide bonds. The van der Waals surface area contributed by atoms with Gasteiger partial charge in [0.05, 0.1) is 18.6 Å². The van der Waals surface area contributed by atoms with Crippen molar-refractivity contribution in [3.05, 3.63) is 35.9 Å². The van der Waals surface area contributed by atoms with Crippen molar-refractivity contribution >= 4 is 17.6 Å². The fourth-order valence-electron chi connectivity index (χ4n) is 2.30. The van der Waals surface area contributed by atoms with E-state index in [-0.39, 0.29) is 18.2 Å². The molecule has 0 spiro atoms. The third-order valence-corrected chi connectivity index (χ3v) is 3.59. The normalized spacial score (nSPS) is 13.2. The quantitative estimate of drug-likeness (QED) is 0.622. The summed E-state index contributed by atoms with van der Waals surface area (Å²) in [4.78, 5) is 35.4. The summed E-state index contributed by atoms with van der Waals surface area (Å²) >= 11 is 0. The van der Waals surface area contributed by atoms with Crippen LogP contribution in [0.1, 0.15) is 32.8 Å². The van der Waals surface area contributed by atoms with Crippen molar-refractivity contribution < 1.29 is 14.4 Å². The number of ketones is 1. The van der Waals surface area contributed by atoms with Gasteiger partial charge >= 0.3 is 0 Å². The number of Topliss-reactive ketones (excluding diaryl/α,β-unsaturated/α-hetero) is 1. The first-order chi connectivity index (χ1) is 11.3. The predicted molar refractivity (Wildman–Crippen MR) is 93.2 cm³/mol.